The maximum atomic E-state index is 6.30. The second kappa shape index (κ2) is 4.25. The predicted octanol–water partition coefficient (Wildman–Crippen LogP) is 5.53. The van der Waals surface area contributed by atoms with Crippen molar-refractivity contribution >= 4 is 33.1 Å². The lowest BCUT2D eigenvalue weighted by molar-refractivity contribution is 0.690. The number of fused-ring (bicyclic) bond motifs is 5. The van der Waals surface area contributed by atoms with E-state index in [9.17, 15) is 0 Å². The van der Waals surface area contributed by atoms with E-state index in [0.717, 1.165) is 10.4 Å². The molecule has 3 aromatic rings. The van der Waals surface area contributed by atoms with Crippen LogP contribution in [0, 0.1) is 0 Å². The lowest BCUT2D eigenvalue weighted by Gasteiger charge is -2.18. The lowest BCUT2D eigenvalue weighted by atomic mass is 9.86. The molecule has 0 radical (unpaired) electrons. The summed E-state index contributed by atoms with van der Waals surface area (Å²) in [5.74, 6) is 0. The first-order valence-corrected chi connectivity index (χ1v) is 7.34. The van der Waals surface area contributed by atoms with E-state index >= 15 is 0 Å². The van der Waals surface area contributed by atoms with Gasteiger partial charge in [-0.15, -0.1) is 0 Å². The Morgan fingerprint density at radius 2 is 1.42 bits per heavy atom. The summed E-state index contributed by atoms with van der Waals surface area (Å²) in [4.78, 5) is 0. The van der Waals surface area contributed by atoms with Crippen molar-refractivity contribution in [1.29, 1.82) is 0 Å². The molecular weight excluding hydrogens is 252 g/mol. The minimum absolute atomic E-state index is 0.845. The summed E-state index contributed by atoms with van der Waals surface area (Å²) in [6, 6.07) is 15.2. The van der Waals surface area contributed by atoms with Crippen LogP contribution >= 0.6 is 11.6 Å². The van der Waals surface area contributed by atoms with Crippen molar-refractivity contribution in [2.75, 3.05) is 0 Å². The first-order chi connectivity index (χ1) is 9.34. The van der Waals surface area contributed by atoms with E-state index < -0.39 is 0 Å². The molecule has 0 bridgehead atoms. The molecule has 0 fully saturated rings. The van der Waals surface area contributed by atoms with Gasteiger partial charge in [-0.2, -0.15) is 0 Å². The van der Waals surface area contributed by atoms with E-state index in [1.165, 1.54) is 41.8 Å². The molecule has 0 aromatic heterocycles. The smallest absolute Gasteiger partial charge is 0.0484 e. The third-order valence-corrected chi connectivity index (χ3v) is 4.67. The number of hydrogen-bond donors (Lipinski definition) is 0. The van der Waals surface area contributed by atoms with Gasteiger partial charge in [0.1, 0.15) is 0 Å². The second-order valence-corrected chi connectivity index (χ2v) is 5.81. The first kappa shape index (κ1) is 11.3. The molecule has 0 saturated heterocycles. The second-order valence-electron chi connectivity index (χ2n) is 5.41. The van der Waals surface area contributed by atoms with Gasteiger partial charge >= 0.3 is 0 Å². The van der Waals surface area contributed by atoms with E-state index in [0.29, 0.717) is 0 Å². The summed E-state index contributed by atoms with van der Waals surface area (Å²) in [7, 11) is 0. The molecule has 3 aromatic carbocycles. The topological polar surface area (TPSA) is 0 Å². The van der Waals surface area contributed by atoms with Crippen molar-refractivity contribution in [3.8, 4) is 0 Å². The minimum Gasteiger partial charge on any atom is -0.0837 e. The third kappa shape index (κ3) is 1.67. The van der Waals surface area contributed by atoms with E-state index in [1.54, 1.807) is 11.1 Å². The summed E-state index contributed by atoms with van der Waals surface area (Å²) in [6.07, 6.45) is 5.11. The average molecular weight is 267 g/mol. The Morgan fingerprint density at radius 1 is 0.684 bits per heavy atom. The molecular formula is C18H15Cl. The fourth-order valence-corrected chi connectivity index (χ4v) is 3.63. The van der Waals surface area contributed by atoms with Gasteiger partial charge in [0.2, 0.25) is 0 Å². The monoisotopic (exact) mass is 266 g/mol. The molecule has 0 heterocycles. The van der Waals surface area contributed by atoms with Gasteiger partial charge in [-0.05, 0) is 59.0 Å². The van der Waals surface area contributed by atoms with Crippen molar-refractivity contribution in [3.63, 3.8) is 0 Å². The minimum atomic E-state index is 0.845. The van der Waals surface area contributed by atoms with Crippen molar-refractivity contribution in [2.45, 2.75) is 25.7 Å². The standard InChI is InChI=1S/C18H15Cl/c19-18-7-3-6-14-16-9-8-12-4-1-2-5-13(12)15(16)10-11-17(14)18/h3,6-11H,1-2,4-5H2. The van der Waals surface area contributed by atoms with Crippen LogP contribution in [0.1, 0.15) is 24.0 Å². The molecule has 0 spiro atoms. The number of hydrogen-bond acceptors (Lipinski definition) is 0. The quantitative estimate of drug-likeness (QED) is 0.470. The predicted molar refractivity (Wildman–Crippen MR) is 83.1 cm³/mol. The molecule has 0 N–H and O–H groups in total. The van der Waals surface area contributed by atoms with Crippen molar-refractivity contribution in [2.24, 2.45) is 0 Å². The highest BCUT2D eigenvalue weighted by molar-refractivity contribution is 6.36. The van der Waals surface area contributed by atoms with E-state index in [2.05, 4.69) is 30.3 Å². The van der Waals surface area contributed by atoms with Crippen LogP contribution in [0.25, 0.3) is 21.5 Å². The Balaban J connectivity index is 2.15. The Kier molecular flexibility index (Phi) is 2.53. The largest absolute Gasteiger partial charge is 0.0837 e. The molecule has 0 nitrogen and oxygen atoms in total. The van der Waals surface area contributed by atoms with Gasteiger partial charge in [0.15, 0.2) is 0 Å². The molecule has 0 amide bonds. The van der Waals surface area contributed by atoms with Gasteiger partial charge in [0.05, 0.1) is 0 Å². The average Bonchev–Trinajstić information content (AvgIpc) is 2.47. The van der Waals surface area contributed by atoms with Crippen molar-refractivity contribution < 1.29 is 0 Å². The van der Waals surface area contributed by atoms with E-state index in [4.69, 9.17) is 11.6 Å². The zero-order valence-electron chi connectivity index (χ0n) is 10.7. The maximum Gasteiger partial charge on any atom is 0.0484 e. The molecule has 1 aliphatic carbocycles. The van der Waals surface area contributed by atoms with Crippen LogP contribution in [0.4, 0.5) is 0 Å². The number of halogens is 1. The molecule has 0 aliphatic heterocycles. The van der Waals surface area contributed by atoms with E-state index in [-0.39, 0.29) is 0 Å². The van der Waals surface area contributed by atoms with Crippen LogP contribution in [0.2, 0.25) is 5.02 Å². The maximum absolute atomic E-state index is 6.30. The van der Waals surface area contributed by atoms with Crippen molar-refractivity contribution in [1.82, 2.24) is 0 Å². The van der Waals surface area contributed by atoms with Gasteiger partial charge in [-0.1, -0.05) is 48.0 Å². The Morgan fingerprint density at radius 3 is 2.37 bits per heavy atom. The SMILES string of the molecule is Clc1cccc2c1ccc1c3c(ccc12)CCCC3. The van der Waals surface area contributed by atoms with Gasteiger partial charge in [-0.3, -0.25) is 0 Å². The highest BCUT2D eigenvalue weighted by atomic mass is 35.5. The number of rotatable bonds is 0. The zero-order chi connectivity index (χ0) is 12.8. The van der Waals surface area contributed by atoms with Gasteiger partial charge in [0.25, 0.3) is 0 Å². The Hall–Kier alpha value is -1.53. The summed E-state index contributed by atoms with van der Waals surface area (Å²) in [5, 5.41) is 6.05. The highest BCUT2D eigenvalue weighted by Crippen LogP contribution is 2.35. The van der Waals surface area contributed by atoms with Crippen LogP contribution in [-0.4, -0.2) is 0 Å². The molecule has 0 saturated carbocycles. The molecule has 1 aliphatic rings. The van der Waals surface area contributed by atoms with Crippen LogP contribution in [0.5, 0.6) is 0 Å². The van der Waals surface area contributed by atoms with E-state index in [1.807, 2.05) is 12.1 Å². The summed E-state index contributed by atoms with van der Waals surface area (Å²) < 4.78 is 0. The fourth-order valence-electron chi connectivity index (χ4n) is 3.39. The molecule has 1 heteroatoms. The summed E-state index contributed by atoms with van der Waals surface area (Å²) in [6.45, 7) is 0. The van der Waals surface area contributed by atoms with Crippen LogP contribution in [-0.2, 0) is 12.8 Å². The van der Waals surface area contributed by atoms with Crippen LogP contribution in [0.15, 0.2) is 42.5 Å². The third-order valence-electron chi connectivity index (χ3n) is 4.34. The molecule has 94 valence electrons. The zero-order valence-corrected chi connectivity index (χ0v) is 11.5. The Bertz CT molecular complexity index is 786. The molecule has 0 unspecified atom stereocenters. The summed E-state index contributed by atoms with van der Waals surface area (Å²) in [5.41, 5.74) is 3.10. The molecule has 0 atom stereocenters. The molecule has 4 rings (SSSR count). The Labute approximate surface area is 118 Å². The summed E-state index contributed by atoms with van der Waals surface area (Å²) >= 11 is 6.30. The number of aryl methyl sites for hydroxylation is 2. The van der Waals surface area contributed by atoms with Crippen LogP contribution in [0.3, 0.4) is 0 Å². The normalized spacial score (nSPS) is 14.8. The van der Waals surface area contributed by atoms with Crippen LogP contribution < -0.4 is 0 Å². The van der Waals surface area contributed by atoms with Gasteiger partial charge in [-0.25, -0.2) is 0 Å². The highest BCUT2D eigenvalue weighted by Gasteiger charge is 2.13. The number of benzene rings is 3. The first-order valence-electron chi connectivity index (χ1n) is 6.96. The molecule has 19 heavy (non-hydrogen) atoms. The van der Waals surface area contributed by atoms with Gasteiger partial charge < -0.3 is 0 Å². The fraction of sp³-hybridized carbons (Fsp3) is 0.222. The van der Waals surface area contributed by atoms with Crippen molar-refractivity contribution in [3.05, 3.63) is 58.6 Å². The lowest BCUT2D eigenvalue weighted by Crippen LogP contribution is -2.03. The van der Waals surface area contributed by atoms with Gasteiger partial charge in [0, 0.05) is 10.4 Å².